The molecule has 1 aliphatic rings. The summed E-state index contributed by atoms with van der Waals surface area (Å²) in [6.45, 7) is 12.3. The molecule has 0 fully saturated rings. The maximum absolute atomic E-state index is 11.1. The summed E-state index contributed by atoms with van der Waals surface area (Å²) in [7, 11) is -1.83. The fourth-order valence-corrected chi connectivity index (χ4v) is 2.94. The molecule has 0 spiro atoms. The van der Waals surface area contributed by atoms with Gasteiger partial charge in [0.2, 0.25) is 0 Å². The van der Waals surface area contributed by atoms with Crippen LogP contribution in [0.2, 0.25) is 18.1 Å². The summed E-state index contributed by atoms with van der Waals surface area (Å²) in [5.41, 5.74) is 1.34. The van der Waals surface area contributed by atoms with Gasteiger partial charge in [-0.05, 0) is 18.1 Å². The number of rotatable bonds is 6. The number of aromatic nitrogens is 2. The molecule has 2 rings (SSSR count). The molecule has 0 aromatic carbocycles. The first-order valence-corrected chi connectivity index (χ1v) is 10.2. The zero-order valence-electron chi connectivity index (χ0n) is 13.8. The van der Waals surface area contributed by atoms with E-state index in [4.69, 9.17) is 9.16 Å². The summed E-state index contributed by atoms with van der Waals surface area (Å²) in [5.74, 6) is 0. The smallest absolute Gasteiger partial charge is 0.314 e. The van der Waals surface area contributed by atoms with E-state index in [2.05, 4.69) is 39.0 Å². The molecule has 7 nitrogen and oxygen atoms in total. The summed E-state index contributed by atoms with van der Waals surface area (Å²) in [6.07, 6.45) is 2.83. The van der Waals surface area contributed by atoms with Crippen LogP contribution in [0, 0.1) is 10.1 Å². The standard InChI is InChI=1S/C14H23N3O4Si/c1-14(2,3)22(4,5)21-7-6-16-13(11-9-20-10-11)12(8-15-16)17(18)19/h8-9H,6-7,10H2,1-5H3. The predicted molar refractivity (Wildman–Crippen MR) is 86.0 cm³/mol. The summed E-state index contributed by atoms with van der Waals surface area (Å²) < 4.78 is 12.8. The Kier molecular flexibility index (Phi) is 4.43. The van der Waals surface area contributed by atoms with E-state index >= 15 is 0 Å². The van der Waals surface area contributed by atoms with Gasteiger partial charge in [-0.3, -0.25) is 14.8 Å². The Bertz CT molecular complexity index is 602. The summed E-state index contributed by atoms with van der Waals surface area (Å²) in [5, 5.41) is 15.4. The van der Waals surface area contributed by atoms with Gasteiger partial charge in [-0.25, -0.2) is 0 Å². The average molecular weight is 325 g/mol. The SMILES string of the molecule is CC(C)(C)[Si](C)(C)OCCn1ncc([N+](=O)[O-])c1C1=COC1. The minimum absolute atomic E-state index is 0.0156. The second-order valence-corrected chi connectivity index (χ2v) is 11.7. The van der Waals surface area contributed by atoms with Crippen molar-refractivity contribution >= 4 is 19.6 Å². The highest BCUT2D eigenvalue weighted by atomic mass is 28.4. The number of nitro groups is 1. The van der Waals surface area contributed by atoms with Crippen molar-refractivity contribution in [2.45, 2.75) is 45.4 Å². The lowest BCUT2D eigenvalue weighted by Crippen LogP contribution is -2.41. The molecule has 0 radical (unpaired) electrons. The lowest BCUT2D eigenvalue weighted by molar-refractivity contribution is -0.385. The Morgan fingerprint density at radius 1 is 1.50 bits per heavy atom. The molecule has 1 aromatic rings. The monoisotopic (exact) mass is 325 g/mol. The largest absolute Gasteiger partial charge is 0.496 e. The van der Waals surface area contributed by atoms with E-state index in [1.165, 1.54) is 12.5 Å². The van der Waals surface area contributed by atoms with Gasteiger partial charge in [0, 0.05) is 0 Å². The number of ether oxygens (including phenoxy) is 1. The molecule has 0 aliphatic carbocycles. The molecular weight excluding hydrogens is 302 g/mol. The van der Waals surface area contributed by atoms with Gasteiger partial charge in [-0.1, -0.05) is 20.8 Å². The van der Waals surface area contributed by atoms with Gasteiger partial charge >= 0.3 is 5.69 Å². The van der Waals surface area contributed by atoms with Crippen molar-refractivity contribution in [3.8, 4) is 0 Å². The summed E-state index contributed by atoms with van der Waals surface area (Å²) in [6, 6.07) is 0. The molecule has 1 aliphatic heterocycles. The van der Waals surface area contributed by atoms with E-state index in [0.717, 1.165) is 5.57 Å². The van der Waals surface area contributed by atoms with Gasteiger partial charge in [-0.2, -0.15) is 5.10 Å². The molecule has 0 atom stereocenters. The molecule has 122 valence electrons. The molecule has 0 saturated carbocycles. The molecule has 0 amide bonds. The Labute approximate surface area is 131 Å². The minimum atomic E-state index is -1.83. The van der Waals surface area contributed by atoms with Crippen molar-refractivity contribution in [1.29, 1.82) is 0 Å². The molecule has 0 bridgehead atoms. The van der Waals surface area contributed by atoms with Crippen LogP contribution in [0.1, 0.15) is 26.5 Å². The van der Waals surface area contributed by atoms with Crippen molar-refractivity contribution < 1.29 is 14.1 Å². The highest BCUT2D eigenvalue weighted by Crippen LogP contribution is 2.36. The van der Waals surface area contributed by atoms with Gasteiger partial charge in [-0.15, -0.1) is 0 Å². The minimum Gasteiger partial charge on any atom is -0.496 e. The van der Waals surface area contributed by atoms with Crippen LogP contribution < -0.4 is 0 Å². The van der Waals surface area contributed by atoms with Crippen molar-refractivity contribution in [1.82, 2.24) is 9.78 Å². The third-order valence-electron chi connectivity index (χ3n) is 4.36. The third kappa shape index (κ3) is 3.22. The van der Waals surface area contributed by atoms with Crippen molar-refractivity contribution in [3.63, 3.8) is 0 Å². The van der Waals surface area contributed by atoms with Crippen LogP contribution in [-0.2, 0) is 15.7 Å². The number of nitrogens with zero attached hydrogens (tertiary/aromatic N) is 3. The fourth-order valence-electron chi connectivity index (χ4n) is 1.90. The Morgan fingerprint density at radius 3 is 2.59 bits per heavy atom. The van der Waals surface area contributed by atoms with E-state index in [1.54, 1.807) is 4.68 Å². The van der Waals surface area contributed by atoms with Crippen LogP contribution in [0.4, 0.5) is 5.69 Å². The normalized spacial score (nSPS) is 15.0. The Morgan fingerprint density at radius 2 is 2.14 bits per heavy atom. The van der Waals surface area contributed by atoms with E-state index in [-0.39, 0.29) is 10.7 Å². The highest BCUT2D eigenvalue weighted by Gasteiger charge is 2.37. The van der Waals surface area contributed by atoms with Crippen molar-refractivity contribution in [2.24, 2.45) is 0 Å². The second-order valence-electron chi connectivity index (χ2n) is 6.92. The number of hydrogen-bond acceptors (Lipinski definition) is 5. The average Bonchev–Trinajstić information content (AvgIpc) is 2.69. The Balaban J connectivity index is 2.10. The van der Waals surface area contributed by atoms with Crippen molar-refractivity contribution in [3.05, 3.63) is 28.3 Å². The molecule has 0 unspecified atom stereocenters. The molecule has 0 N–H and O–H groups in total. The molecule has 8 heteroatoms. The first-order valence-electron chi connectivity index (χ1n) is 7.28. The molecule has 0 saturated heterocycles. The third-order valence-corrected chi connectivity index (χ3v) is 8.90. The van der Waals surface area contributed by atoms with Gasteiger partial charge in [0.15, 0.2) is 8.32 Å². The van der Waals surface area contributed by atoms with Crippen LogP contribution in [0.3, 0.4) is 0 Å². The van der Waals surface area contributed by atoms with Gasteiger partial charge in [0.05, 0.1) is 29.9 Å². The van der Waals surface area contributed by atoms with Crippen LogP contribution >= 0.6 is 0 Å². The van der Waals surface area contributed by atoms with E-state index < -0.39 is 13.2 Å². The van der Waals surface area contributed by atoms with Crippen LogP contribution in [0.25, 0.3) is 5.57 Å². The molecular formula is C14H23N3O4Si. The first kappa shape index (κ1) is 16.7. The highest BCUT2D eigenvalue weighted by molar-refractivity contribution is 6.74. The predicted octanol–water partition coefficient (Wildman–Crippen LogP) is 3.18. The molecule has 1 aromatic heterocycles. The lowest BCUT2D eigenvalue weighted by Gasteiger charge is -2.36. The maximum atomic E-state index is 11.1. The van der Waals surface area contributed by atoms with E-state index in [1.807, 2.05) is 0 Å². The quantitative estimate of drug-likeness (QED) is 0.456. The maximum Gasteiger partial charge on any atom is 0.314 e. The zero-order chi connectivity index (χ0) is 16.5. The second kappa shape index (κ2) is 5.84. The van der Waals surface area contributed by atoms with Crippen LogP contribution in [0.5, 0.6) is 0 Å². The van der Waals surface area contributed by atoms with Gasteiger partial charge < -0.3 is 9.16 Å². The van der Waals surface area contributed by atoms with E-state index in [0.29, 0.717) is 25.5 Å². The summed E-state index contributed by atoms with van der Waals surface area (Å²) in [4.78, 5) is 10.7. The summed E-state index contributed by atoms with van der Waals surface area (Å²) >= 11 is 0. The molecule has 2 heterocycles. The van der Waals surface area contributed by atoms with E-state index in [9.17, 15) is 10.1 Å². The lowest BCUT2D eigenvalue weighted by atomic mass is 10.1. The van der Waals surface area contributed by atoms with Gasteiger partial charge in [0.1, 0.15) is 18.5 Å². The van der Waals surface area contributed by atoms with Crippen molar-refractivity contribution in [2.75, 3.05) is 13.2 Å². The first-order chi connectivity index (χ1) is 10.1. The topological polar surface area (TPSA) is 79.4 Å². The fraction of sp³-hybridized carbons (Fsp3) is 0.643. The Hall–Kier alpha value is -1.67. The van der Waals surface area contributed by atoms with Gasteiger partial charge in [0.25, 0.3) is 0 Å². The molecule has 22 heavy (non-hydrogen) atoms. The van der Waals surface area contributed by atoms with Crippen LogP contribution in [0.15, 0.2) is 12.5 Å². The number of hydrogen-bond donors (Lipinski definition) is 0. The van der Waals surface area contributed by atoms with Crippen LogP contribution in [-0.4, -0.2) is 36.2 Å². The zero-order valence-corrected chi connectivity index (χ0v) is 14.8.